The van der Waals surface area contributed by atoms with Crippen molar-refractivity contribution in [2.24, 2.45) is 0 Å². The van der Waals surface area contributed by atoms with Crippen molar-refractivity contribution in [3.05, 3.63) is 53.4 Å². The number of anilines is 2. The van der Waals surface area contributed by atoms with Gasteiger partial charge in [-0.15, -0.1) is 0 Å². The first-order chi connectivity index (χ1) is 12.1. The van der Waals surface area contributed by atoms with Crippen LogP contribution < -0.4 is 14.8 Å². The molecule has 0 bridgehead atoms. The van der Waals surface area contributed by atoms with Crippen LogP contribution >= 0.6 is 11.6 Å². The lowest BCUT2D eigenvalue weighted by Gasteiger charge is -2.15. The number of aromatic nitrogens is 1. The molecule has 130 valence electrons. The zero-order chi connectivity index (χ0) is 17.8. The van der Waals surface area contributed by atoms with Gasteiger partial charge in [0.2, 0.25) is 0 Å². The molecule has 25 heavy (non-hydrogen) atoms. The molecule has 2 aromatic carbocycles. The molecule has 1 aromatic heterocycles. The molecular weight excluding hydrogens is 343 g/mol. The Morgan fingerprint density at radius 1 is 1.00 bits per heavy atom. The van der Waals surface area contributed by atoms with Crippen LogP contribution in [-0.2, 0) is 0 Å². The predicted octanol–water partition coefficient (Wildman–Crippen LogP) is 5.57. The summed E-state index contributed by atoms with van der Waals surface area (Å²) in [4.78, 5) is 4.29. The smallest absolute Gasteiger partial charge is 0.164 e. The van der Waals surface area contributed by atoms with Crippen LogP contribution in [0.25, 0.3) is 10.9 Å². The van der Waals surface area contributed by atoms with E-state index in [4.69, 9.17) is 21.1 Å². The third-order valence-corrected chi connectivity index (χ3v) is 3.84. The summed E-state index contributed by atoms with van der Waals surface area (Å²) in [5.41, 5.74) is 1.76. The van der Waals surface area contributed by atoms with Gasteiger partial charge in [0.1, 0.15) is 0 Å². The summed E-state index contributed by atoms with van der Waals surface area (Å²) in [7, 11) is 0. The van der Waals surface area contributed by atoms with E-state index in [2.05, 4.69) is 10.3 Å². The molecule has 0 fully saturated rings. The van der Waals surface area contributed by atoms with Gasteiger partial charge in [0.05, 0.1) is 24.4 Å². The molecule has 3 aromatic rings. The standard InChI is InChI=1S/C19H18ClFN2O2/c1-3-24-18-10-14(21)17(11-19(18)25-4-2)23-15-7-8-22-16-9-12(20)5-6-13(15)16/h5-11H,3-4H2,1-2H3,(H,22,23). The second-order valence-corrected chi connectivity index (χ2v) is 5.73. The summed E-state index contributed by atoms with van der Waals surface area (Å²) in [5.74, 6) is 0.458. The Labute approximate surface area is 150 Å². The summed E-state index contributed by atoms with van der Waals surface area (Å²) in [5, 5.41) is 4.55. The Morgan fingerprint density at radius 2 is 1.72 bits per heavy atom. The van der Waals surface area contributed by atoms with Crippen molar-refractivity contribution in [3.8, 4) is 11.5 Å². The number of hydrogen-bond acceptors (Lipinski definition) is 4. The lowest BCUT2D eigenvalue weighted by atomic mass is 10.1. The number of benzene rings is 2. The first-order valence-electron chi connectivity index (χ1n) is 8.02. The number of pyridine rings is 1. The van der Waals surface area contributed by atoms with Crippen LogP contribution in [0.5, 0.6) is 11.5 Å². The Kier molecular flexibility index (Phi) is 5.24. The molecule has 1 N–H and O–H groups in total. The lowest BCUT2D eigenvalue weighted by Crippen LogP contribution is -2.02. The van der Waals surface area contributed by atoms with Crippen molar-refractivity contribution in [1.82, 2.24) is 4.98 Å². The Hall–Kier alpha value is -2.53. The topological polar surface area (TPSA) is 43.4 Å². The molecule has 0 aliphatic carbocycles. The highest BCUT2D eigenvalue weighted by atomic mass is 35.5. The van der Waals surface area contributed by atoms with Gasteiger partial charge < -0.3 is 14.8 Å². The van der Waals surface area contributed by atoms with Crippen molar-refractivity contribution < 1.29 is 13.9 Å². The molecule has 0 radical (unpaired) electrons. The van der Waals surface area contributed by atoms with E-state index >= 15 is 0 Å². The highest BCUT2D eigenvalue weighted by molar-refractivity contribution is 6.31. The van der Waals surface area contributed by atoms with Gasteiger partial charge in [0.15, 0.2) is 17.3 Å². The van der Waals surface area contributed by atoms with Crippen molar-refractivity contribution in [2.75, 3.05) is 18.5 Å². The molecule has 0 saturated carbocycles. The number of fused-ring (bicyclic) bond motifs is 1. The number of nitrogens with one attached hydrogen (secondary N) is 1. The highest BCUT2D eigenvalue weighted by Gasteiger charge is 2.13. The van der Waals surface area contributed by atoms with Crippen LogP contribution in [0.1, 0.15) is 13.8 Å². The highest BCUT2D eigenvalue weighted by Crippen LogP contribution is 2.35. The molecule has 4 nitrogen and oxygen atoms in total. The van der Waals surface area contributed by atoms with Gasteiger partial charge in [-0.2, -0.15) is 0 Å². The summed E-state index contributed by atoms with van der Waals surface area (Å²) in [6.45, 7) is 4.60. The quantitative estimate of drug-likeness (QED) is 0.624. The van der Waals surface area contributed by atoms with Gasteiger partial charge >= 0.3 is 0 Å². The van der Waals surface area contributed by atoms with E-state index in [1.165, 1.54) is 6.07 Å². The molecule has 3 rings (SSSR count). The van der Waals surface area contributed by atoms with E-state index in [1.807, 2.05) is 19.9 Å². The third-order valence-electron chi connectivity index (χ3n) is 3.61. The van der Waals surface area contributed by atoms with Crippen molar-refractivity contribution >= 4 is 33.9 Å². The van der Waals surface area contributed by atoms with Crippen molar-refractivity contribution in [2.45, 2.75) is 13.8 Å². The summed E-state index contributed by atoms with van der Waals surface area (Å²) < 4.78 is 25.5. The number of ether oxygens (including phenoxy) is 2. The Balaban J connectivity index is 2.01. The number of halogens is 2. The number of nitrogens with zero attached hydrogens (tertiary/aromatic N) is 1. The van der Waals surface area contributed by atoms with Gasteiger partial charge in [0, 0.05) is 34.4 Å². The SMILES string of the molecule is CCOc1cc(F)c(Nc2ccnc3cc(Cl)ccc23)cc1OCC. The van der Waals surface area contributed by atoms with Crippen molar-refractivity contribution in [3.63, 3.8) is 0 Å². The average Bonchev–Trinajstić information content (AvgIpc) is 2.59. The average molecular weight is 361 g/mol. The van der Waals surface area contributed by atoms with E-state index in [0.717, 1.165) is 16.6 Å². The molecule has 0 saturated heterocycles. The van der Waals surface area contributed by atoms with Crippen LogP contribution in [-0.4, -0.2) is 18.2 Å². The minimum absolute atomic E-state index is 0.300. The fourth-order valence-corrected chi connectivity index (χ4v) is 2.71. The van der Waals surface area contributed by atoms with Crippen molar-refractivity contribution in [1.29, 1.82) is 0 Å². The normalized spacial score (nSPS) is 10.7. The largest absolute Gasteiger partial charge is 0.490 e. The molecule has 0 aliphatic heterocycles. The number of rotatable bonds is 6. The Morgan fingerprint density at radius 3 is 2.44 bits per heavy atom. The number of hydrogen-bond donors (Lipinski definition) is 1. The Bertz CT molecular complexity index is 902. The molecular formula is C19H18ClFN2O2. The molecule has 0 unspecified atom stereocenters. The minimum Gasteiger partial charge on any atom is -0.490 e. The van der Waals surface area contributed by atoms with E-state index in [-0.39, 0.29) is 0 Å². The second kappa shape index (κ2) is 7.57. The summed E-state index contributed by atoms with van der Waals surface area (Å²) in [6, 6.07) is 10.1. The van der Waals surface area contributed by atoms with E-state index < -0.39 is 5.82 Å². The zero-order valence-corrected chi connectivity index (χ0v) is 14.7. The summed E-state index contributed by atoms with van der Waals surface area (Å²) >= 11 is 6.01. The molecule has 0 amide bonds. The molecule has 0 atom stereocenters. The van der Waals surface area contributed by atoms with E-state index in [9.17, 15) is 4.39 Å². The fraction of sp³-hybridized carbons (Fsp3) is 0.211. The lowest BCUT2D eigenvalue weighted by molar-refractivity contribution is 0.286. The van der Waals surface area contributed by atoms with Crippen LogP contribution in [0.4, 0.5) is 15.8 Å². The van der Waals surface area contributed by atoms with E-state index in [0.29, 0.717) is 35.4 Å². The summed E-state index contributed by atoms with van der Waals surface area (Å²) in [6.07, 6.45) is 1.65. The molecule has 1 heterocycles. The van der Waals surface area contributed by atoms with Gasteiger partial charge in [-0.05, 0) is 38.1 Å². The maximum atomic E-state index is 14.5. The van der Waals surface area contributed by atoms with Gasteiger partial charge in [0.25, 0.3) is 0 Å². The van der Waals surface area contributed by atoms with Gasteiger partial charge in [-0.1, -0.05) is 11.6 Å². The first-order valence-corrected chi connectivity index (χ1v) is 8.40. The second-order valence-electron chi connectivity index (χ2n) is 5.29. The van der Waals surface area contributed by atoms with E-state index in [1.54, 1.807) is 30.5 Å². The van der Waals surface area contributed by atoms with Crippen LogP contribution in [0.3, 0.4) is 0 Å². The molecule has 0 spiro atoms. The minimum atomic E-state index is -0.425. The molecule has 6 heteroatoms. The first kappa shape index (κ1) is 17.3. The molecule has 0 aliphatic rings. The zero-order valence-electron chi connectivity index (χ0n) is 14.0. The van der Waals surface area contributed by atoms with Crippen LogP contribution in [0.2, 0.25) is 5.02 Å². The monoisotopic (exact) mass is 360 g/mol. The maximum absolute atomic E-state index is 14.5. The third kappa shape index (κ3) is 3.77. The van der Waals surface area contributed by atoms with Gasteiger partial charge in [-0.25, -0.2) is 4.39 Å². The predicted molar refractivity (Wildman–Crippen MR) is 98.8 cm³/mol. The van der Waals surface area contributed by atoms with Crippen LogP contribution in [0.15, 0.2) is 42.6 Å². The van der Waals surface area contributed by atoms with Gasteiger partial charge in [-0.3, -0.25) is 4.98 Å². The fourth-order valence-electron chi connectivity index (χ4n) is 2.54. The van der Waals surface area contributed by atoms with Crippen LogP contribution in [0, 0.1) is 5.82 Å². The maximum Gasteiger partial charge on any atom is 0.164 e.